The summed E-state index contributed by atoms with van der Waals surface area (Å²) in [7, 11) is 0. The Morgan fingerprint density at radius 1 is 1.04 bits per heavy atom. The molecular weight excluding hydrogens is 337 g/mol. The molecule has 1 aromatic heterocycles. The third kappa shape index (κ3) is 3.93. The quantitative estimate of drug-likeness (QED) is 0.733. The van der Waals surface area contributed by atoms with Gasteiger partial charge in [-0.25, -0.2) is 4.98 Å². The van der Waals surface area contributed by atoms with Crippen LogP contribution in [0.2, 0.25) is 0 Å². The highest BCUT2D eigenvalue weighted by molar-refractivity contribution is 7.13. The Bertz CT molecular complexity index is 828. The first-order valence-corrected chi connectivity index (χ1v) is 7.94. The number of aromatic nitrogens is 1. The predicted molar refractivity (Wildman–Crippen MR) is 87.6 cm³/mol. The summed E-state index contributed by atoms with van der Waals surface area (Å²) >= 11 is 1.47. The van der Waals surface area contributed by atoms with Crippen molar-refractivity contribution < 1.29 is 17.9 Å². The molecule has 24 heavy (non-hydrogen) atoms. The summed E-state index contributed by atoms with van der Waals surface area (Å²) < 4.78 is 40.4. The van der Waals surface area contributed by atoms with Crippen LogP contribution in [-0.4, -0.2) is 11.3 Å². The van der Waals surface area contributed by atoms with Crippen LogP contribution in [0.15, 0.2) is 53.9 Å². The lowest BCUT2D eigenvalue weighted by Gasteiger charge is -2.08. The first-order valence-electron chi connectivity index (χ1n) is 7.06. The Kier molecular flexibility index (Phi) is 4.55. The van der Waals surface area contributed by atoms with Gasteiger partial charge >= 0.3 is 6.36 Å². The number of hydrogen-bond donors (Lipinski definition) is 1. The van der Waals surface area contributed by atoms with Crippen molar-refractivity contribution in [2.75, 3.05) is 0 Å². The summed E-state index contributed by atoms with van der Waals surface area (Å²) in [5, 5.41) is 2.69. The molecule has 0 bridgehead atoms. The van der Waals surface area contributed by atoms with E-state index in [4.69, 9.17) is 5.73 Å². The molecule has 2 aromatic carbocycles. The molecule has 124 valence electrons. The Hall–Kier alpha value is -2.38. The smallest absolute Gasteiger partial charge is 0.406 e. The van der Waals surface area contributed by atoms with Gasteiger partial charge in [-0.3, -0.25) is 0 Å². The molecule has 0 unspecified atom stereocenters. The number of benzene rings is 2. The van der Waals surface area contributed by atoms with Crippen LogP contribution in [0.1, 0.15) is 5.56 Å². The van der Waals surface area contributed by atoms with Crippen LogP contribution in [0.25, 0.3) is 21.8 Å². The number of halogens is 3. The zero-order valence-electron chi connectivity index (χ0n) is 12.4. The molecule has 0 spiro atoms. The molecule has 0 aliphatic carbocycles. The van der Waals surface area contributed by atoms with E-state index in [1.54, 1.807) is 12.1 Å². The minimum absolute atomic E-state index is 0.252. The number of hydrogen-bond acceptors (Lipinski definition) is 4. The largest absolute Gasteiger partial charge is 0.573 e. The summed E-state index contributed by atoms with van der Waals surface area (Å²) in [6, 6.07) is 13.4. The van der Waals surface area contributed by atoms with Gasteiger partial charge in [0.05, 0.1) is 5.69 Å². The topological polar surface area (TPSA) is 48.1 Å². The molecular formula is C17H13F3N2OS. The Labute approximate surface area is 140 Å². The van der Waals surface area contributed by atoms with Crippen LogP contribution in [0.5, 0.6) is 5.75 Å². The second-order valence-corrected chi connectivity index (χ2v) is 5.87. The summed E-state index contributed by atoms with van der Waals surface area (Å²) in [6.45, 7) is 0.451. The maximum Gasteiger partial charge on any atom is 0.573 e. The van der Waals surface area contributed by atoms with Gasteiger partial charge in [-0.05, 0) is 35.9 Å². The van der Waals surface area contributed by atoms with Crippen molar-refractivity contribution in [3.63, 3.8) is 0 Å². The zero-order valence-corrected chi connectivity index (χ0v) is 13.2. The van der Waals surface area contributed by atoms with Gasteiger partial charge < -0.3 is 10.5 Å². The third-order valence-electron chi connectivity index (χ3n) is 3.30. The normalized spacial score (nSPS) is 11.5. The van der Waals surface area contributed by atoms with Crippen molar-refractivity contribution in [3.05, 3.63) is 59.5 Å². The molecule has 0 aliphatic heterocycles. The second kappa shape index (κ2) is 6.62. The predicted octanol–water partition coefficient (Wildman–Crippen LogP) is 4.83. The maximum absolute atomic E-state index is 12.2. The molecule has 3 rings (SSSR count). The Morgan fingerprint density at radius 3 is 2.46 bits per heavy atom. The van der Waals surface area contributed by atoms with E-state index in [9.17, 15) is 13.2 Å². The summed E-state index contributed by atoms with van der Waals surface area (Å²) in [5.41, 5.74) is 9.04. The van der Waals surface area contributed by atoms with E-state index in [1.807, 2.05) is 29.6 Å². The number of alkyl halides is 3. The number of nitrogens with two attached hydrogens (primary N) is 1. The van der Waals surface area contributed by atoms with Gasteiger partial charge in [0, 0.05) is 23.1 Å². The van der Waals surface area contributed by atoms with Gasteiger partial charge in [-0.1, -0.05) is 18.2 Å². The summed E-state index contributed by atoms with van der Waals surface area (Å²) in [6.07, 6.45) is -4.69. The van der Waals surface area contributed by atoms with Crippen LogP contribution in [-0.2, 0) is 6.54 Å². The van der Waals surface area contributed by atoms with Gasteiger partial charge in [-0.15, -0.1) is 24.5 Å². The summed E-state index contributed by atoms with van der Waals surface area (Å²) in [4.78, 5) is 4.55. The fourth-order valence-corrected chi connectivity index (χ4v) is 3.02. The number of ether oxygens (including phenoxy) is 1. The van der Waals surface area contributed by atoms with Gasteiger partial charge in [0.2, 0.25) is 0 Å². The number of thiazole rings is 1. The van der Waals surface area contributed by atoms with E-state index in [1.165, 1.54) is 23.5 Å². The first-order chi connectivity index (χ1) is 11.4. The van der Waals surface area contributed by atoms with Crippen LogP contribution >= 0.6 is 11.3 Å². The zero-order chi connectivity index (χ0) is 17.2. The molecule has 0 saturated carbocycles. The third-order valence-corrected chi connectivity index (χ3v) is 4.19. The number of rotatable bonds is 4. The Morgan fingerprint density at radius 2 is 1.79 bits per heavy atom. The maximum atomic E-state index is 12.2. The highest BCUT2D eigenvalue weighted by Gasteiger charge is 2.30. The van der Waals surface area contributed by atoms with E-state index in [2.05, 4.69) is 9.72 Å². The lowest BCUT2D eigenvalue weighted by molar-refractivity contribution is -0.274. The van der Waals surface area contributed by atoms with Crippen LogP contribution in [0.4, 0.5) is 13.2 Å². The Balaban J connectivity index is 1.82. The lowest BCUT2D eigenvalue weighted by atomic mass is 10.1. The minimum Gasteiger partial charge on any atom is -0.406 e. The molecule has 0 amide bonds. The van der Waals surface area contributed by atoms with Gasteiger partial charge in [0.25, 0.3) is 0 Å². The van der Waals surface area contributed by atoms with Crippen molar-refractivity contribution in [1.82, 2.24) is 4.98 Å². The number of nitrogens with zero attached hydrogens (tertiary/aromatic N) is 1. The SMILES string of the molecule is NCc1cccc(-c2nc(-c3ccc(OC(F)(F)F)cc3)cs2)c1. The molecule has 3 nitrogen and oxygen atoms in total. The molecule has 0 radical (unpaired) electrons. The monoisotopic (exact) mass is 350 g/mol. The van der Waals surface area contributed by atoms with Crippen molar-refractivity contribution in [2.24, 2.45) is 5.73 Å². The molecule has 7 heteroatoms. The van der Waals surface area contributed by atoms with Gasteiger partial charge in [0.15, 0.2) is 0 Å². The molecule has 1 heterocycles. The molecule has 0 aliphatic rings. The van der Waals surface area contributed by atoms with E-state index in [0.29, 0.717) is 12.2 Å². The fraction of sp³-hybridized carbons (Fsp3) is 0.118. The van der Waals surface area contributed by atoms with E-state index in [0.717, 1.165) is 21.7 Å². The molecule has 3 aromatic rings. The molecule has 2 N–H and O–H groups in total. The average molecular weight is 350 g/mol. The van der Waals surface area contributed by atoms with E-state index >= 15 is 0 Å². The van der Waals surface area contributed by atoms with Crippen molar-refractivity contribution >= 4 is 11.3 Å². The molecule has 0 fully saturated rings. The van der Waals surface area contributed by atoms with Crippen LogP contribution < -0.4 is 10.5 Å². The second-order valence-electron chi connectivity index (χ2n) is 5.01. The fourth-order valence-electron chi connectivity index (χ4n) is 2.20. The standard InChI is InChI=1S/C17H13F3N2OS/c18-17(19,20)23-14-6-4-12(5-7-14)15-10-24-16(22-15)13-3-1-2-11(8-13)9-21/h1-8,10H,9,21H2. The van der Waals surface area contributed by atoms with Crippen molar-refractivity contribution in [2.45, 2.75) is 12.9 Å². The van der Waals surface area contributed by atoms with Crippen LogP contribution in [0, 0.1) is 0 Å². The molecule has 0 atom stereocenters. The van der Waals surface area contributed by atoms with Crippen molar-refractivity contribution in [3.8, 4) is 27.6 Å². The van der Waals surface area contributed by atoms with Gasteiger partial charge in [-0.2, -0.15) is 0 Å². The highest BCUT2D eigenvalue weighted by Crippen LogP contribution is 2.31. The highest BCUT2D eigenvalue weighted by atomic mass is 32.1. The van der Waals surface area contributed by atoms with E-state index < -0.39 is 6.36 Å². The van der Waals surface area contributed by atoms with E-state index in [-0.39, 0.29) is 5.75 Å². The average Bonchev–Trinajstić information content (AvgIpc) is 3.04. The lowest BCUT2D eigenvalue weighted by Crippen LogP contribution is -2.16. The molecule has 0 saturated heterocycles. The minimum atomic E-state index is -4.69. The first kappa shape index (κ1) is 16.5. The summed E-state index contributed by atoms with van der Waals surface area (Å²) in [5.74, 6) is -0.252. The van der Waals surface area contributed by atoms with Crippen LogP contribution in [0.3, 0.4) is 0 Å². The van der Waals surface area contributed by atoms with Gasteiger partial charge in [0.1, 0.15) is 10.8 Å². The van der Waals surface area contributed by atoms with Crippen molar-refractivity contribution in [1.29, 1.82) is 0 Å².